The van der Waals surface area contributed by atoms with Gasteiger partial charge in [0, 0.05) is 24.2 Å². The number of fused-ring (bicyclic) bond motifs is 1. The number of para-hydroxylation sites is 1. The van der Waals surface area contributed by atoms with Crippen molar-refractivity contribution in [2.75, 3.05) is 31.5 Å². The maximum absolute atomic E-state index is 12.4. The van der Waals surface area contributed by atoms with Gasteiger partial charge in [-0.1, -0.05) is 43.2 Å². The number of benzene rings is 2. The van der Waals surface area contributed by atoms with Crippen LogP contribution in [0.3, 0.4) is 0 Å². The average Bonchev–Trinajstić information content (AvgIpc) is 3.05. The fourth-order valence-electron chi connectivity index (χ4n) is 3.95. The van der Waals surface area contributed by atoms with E-state index in [9.17, 15) is 9.59 Å². The van der Waals surface area contributed by atoms with E-state index in [1.807, 2.05) is 36.4 Å². The molecule has 1 aliphatic rings. The zero-order valence-electron chi connectivity index (χ0n) is 17.7. The number of hydrogen-bond donors (Lipinski definition) is 2. The fraction of sp³-hybridized carbons (Fsp3) is 0.360. The molecular weight excluding hydrogens is 390 g/mol. The molecule has 0 aliphatic carbocycles. The fourth-order valence-corrected chi connectivity index (χ4v) is 3.95. The Morgan fingerprint density at radius 1 is 0.935 bits per heavy atom. The van der Waals surface area contributed by atoms with Gasteiger partial charge in [0.2, 0.25) is 5.91 Å². The van der Waals surface area contributed by atoms with Crippen molar-refractivity contribution in [3.05, 3.63) is 65.9 Å². The van der Waals surface area contributed by atoms with Crippen LogP contribution < -0.4 is 10.6 Å². The number of furan rings is 1. The molecule has 0 unspecified atom stereocenters. The number of hydrogen-bond acceptors (Lipinski definition) is 4. The van der Waals surface area contributed by atoms with Crippen LogP contribution in [0.1, 0.15) is 41.8 Å². The quantitative estimate of drug-likeness (QED) is 0.601. The van der Waals surface area contributed by atoms with Crippen molar-refractivity contribution >= 4 is 28.5 Å². The minimum absolute atomic E-state index is 0.0221. The van der Waals surface area contributed by atoms with E-state index < -0.39 is 0 Å². The summed E-state index contributed by atoms with van der Waals surface area (Å²) in [6.07, 6.45) is 5.48. The van der Waals surface area contributed by atoms with E-state index in [0.717, 1.165) is 30.6 Å². The predicted octanol–water partition coefficient (Wildman–Crippen LogP) is 4.22. The van der Waals surface area contributed by atoms with Gasteiger partial charge < -0.3 is 20.0 Å². The second-order valence-corrected chi connectivity index (χ2v) is 8.08. The summed E-state index contributed by atoms with van der Waals surface area (Å²) < 4.78 is 5.60. The highest BCUT2D eigenvalue weighted by Crippen LogP contribution is 2.20. The van der Waals surface area contributed by atoms with Gasteiger partial charge in [0.15, 0.2) is 5.76 Å². The van der Waals surface area contributed by atoms with Crippen LogP contribution in [-0.2, 0) is 11.2 Å². The summed E-state index contributed by atoms with van der Waals surface area (Å²) in [5.74, 6) is -0.00171. The Bertz CT molecular complexity index is 985. The number of nitrogens with zero attached hydrogens (tertiary/aromatic N) is 1. The Kier molecular flexibility index (Phi) is 6.99. The third-order valence-corrected chi connectivity index (χ3v) is 5.67. The Hall–Kier alpha value is -3.12. The predicted molar refractivity (Wildman–Crippen MR) is 122 cm³/mol. The van der Waals surface area contributed by atoms with E-state index in [4.69, 9.17) is 4.42 Å². The van der Waals surface area contributed by atoms with Gasteiger partial charge in [-0.15, -0.1) is 0 Å². The molecule has 6 nitrogen and oxygen atoms in total. The van der Waals surface area contributed by atoms with Gasteiger partial charge in [0.1, 0.15) is 5.58 Å². The van der Waals surface area contributed by atoms with Crippen LogP contribution in [0.5, 0.6) is 0 Å². The van der Waals surface area contributed by atoms with Crippen molar-refractivity contribution in [3.8, 4) is 0 Å². The second-order valence-electron chi connectivity index (χ2n) is 8.08. The smallest absolute Gasteiger partial charge is 0.291 e. The molecule has 0 atom stereocenters. The van der Waals surface area contributed by atoms with E-state index in [0.29, 0.717) is 24.2 Å². The van der Waals surface area contributed by atoms with E-state index in [1.54, 1.807) is 18.2 Å². The maximum atomic E-state index is 12.4. The summed E-state index contributed by atoms with van der Waals surface area (Å²) in [4.78, 5) is 27.1. The summed E-state index contributed by atoms with van der Waals surface area (Å²) in [5, 5.41) is 6.75. The molecule has 1 aliphatic heterocycles. The van der Waals surface area contributed by atoms with Crippen LogP contribution in [0.4, 0.5) is 5.69 Å². The molecule has 2 amide bonds. The SMILES string of the molecule is O=C(Cc1ccc(NC(=O)c2cc3ccccc3o2)cc1)NCCN1CCCCCC1. The molecule has 0 saturated carbocycles. The molecule has 162 valence electrons. The molecule has 0 spiro atoms. The highest BCUT2D eigenvalue weighted by atomic mass is 16.3. The van der Waals surface area contributed by atoms with Crippen molar-refractivity contribution in [1.82, 2.24) is 10.2 Å². The van der Waals surface area contributed by atoms with Crippen LogP contribution in [0.15, 0.2) is 59.0 Å². The molecule has 31 heavy (non-hydrogen) atoms. The average molecular weight is 420 g/mol. The molecule has 1 aromatic heterocycles. The van der Waals surface area contributed by atoms with E-state index >= 15 is 0 Å². The van der Waals surface area contributed by atoms with Crippen LogP contribution in [0, 0.1) is 0 Å². The number of likely N-dealkylation sites (tertiary alicyclic amines) is 1. The first kappa shape index (κ1) is 21.1. The lowest BCUT2D eigenvalue weighted by Crippen LogP contribution is -2.36. The molecule has 2 heterocycles. The number of carbonyl (C=O) groups is 2. The Morgan fingerprint density at radius 2 is 1.68 bits per heavy atom. The molecular formula is C25H29N3O3. The first-order chi connectivity index (χ1) is 15.2. The Morgan fingerprint density at radius 3 is 2.42 bits per heavy atom. The van der Waals surface area contributed by atoms with Crippen molar-refractivity contribution < 1.29 is 14.0 Å². The van der Waals surface area contributed by atoms with E-state index in [1.165, 1.54) is 25.7 Å². The van der Waals surface area contributed by atoms with Gasteiger partial charge in [0.25, 0.3) is 5.91 Å². The van der Waals surface area contributed by atoms with Gasteiger partial charge in [0.05, 0.1) is 6.42 Å². The van der Waals surface area contributed by atoms with Gasteiger partial charge in [-0.2, -0.15) is 0 Å². The van der Waals surface area contributed by atoms with Gasteiger partial charge in [-0.05, 0) is 55.8 Å². The highest BCUT2D eigenvalue weighted by molar-refractivity contribution is 6.04. The topological polar surface area (TPSA) is 74.6 Å². The van der Waals surface area contributed by atoms with Crippen molar-refractivity contribution in [1.29, 1.82) is 0 Å². The van der Waals surface area contributed by atoms with Gasteiger partial charge in [-0.3, -0.25) is 9.59 Å². The largest absolute Gasteiger partial charge is 0.451 e. The molecule has 0 radical (unpaired) electrons. The lowest BCUT2D eigenvalue weighted by Gasteiger charge is -2.19. The standard InChI is InChI=1S/C25H29N3O3/c29-24(26-13-16-28-14-5-1-2-6-15-28)17-19-9-11-21(12-10-19)27-25(30)23-18-20-7-3-4-8-22(20)31-23/h3-4,7-12,18H,1-2,5-6,13-17H2,(H,26,29)(H,27,30). The molecule has 0 bridgehead atoms. The van der Waals surface area contributed by atoms with Gasteiger partial charge in [-0.25, -0.2) is 0 Å². The van der Waals surface area contributed by atoms with Crippen LogP contribution in [0.2, 0.25) is 0 Å². The van der Waals surface area contributed by atoms with Crippen LogP contribution in [0.25, 0.3) is 11.0 Å². The number of carbonyl (C=O) groups excluding carboxylic acids is 2. The van der Waals surface area contributed by atoms with E-state index in [2.05, 4.69) is 15.5 Å². The number of amides is 2. The summed E-state index contributed by atoms with van der Waals surface area (Å²) >= 11 is 0. The lowest BCUT2D eigenvalue weighted by molar-refractivity contribution is -0.120. The third-order valence-electron chi connectivity index (χ3n) is 5.67. The monoisotopic (exact) mass is 419 g/mol. The second kappa shape index (κ2) is 10.3. The summed E-state index contributed by atoms with van der Waals surface area (Å²) in [7, 11) is 0. The number of rotatable bonds is 7. The maximum Gasteiger partial charge on any atom is 0.291 e. The molecule has 2 N–H and O–H groups in total. The van der Waals surface area contributed by atoms with Crippen molar-refractivity contribution in [2.45, 2.75) is 32.1 Å². The molecule has 3 aromatic rings. The molecule has 2 aromatic carbocycles. The van der Waals surface area contributed by atoms with Gasteiger partial charge >= 0.3 is 0 Å². The lowest BCUT2D eigenvalue weighted by atomic mass is 10.1. The van der Waals surface area contributed by atoms with E-state index in [-0.39, 0.29) is 17.6 Å². The zero-order chi connectivity index (χ0) is 21.5. The number of nitrogens with one attached hydrogen (secondary N) is 2. The van der Waals surface area contributed by atoms with Crippen molar-refractivity contribution in [3.63, 3.8) is 0 Å². The Balaban J connectivity index is 1.23. The molecule has 1 saturated heterocycles. The summed E-state index contributed by atoms with van der Waals surface area (Å²) in [6.45, 7) is 3.87. The Labute approximate surface area is 182 Å². The first-order valence-electron chi connectivity index (χ1n) is 11.1. The number of anilines is 1. The minimum atomic E-state index is -0.296. The highest BCUT2D eigenvalue weighted by Gasteiger charge is 2.13. The minimum Gasteiger partial charge on any atom is -0.451 e. The van der Waals surface area contributed by atoms with Crippen molar-refractivity contribution in [2.24, 2.45) is 0 Å². The molecule has 6 heteroatoms. The van der Waals surface area contributed by atoms with Crippen LogP contribution >= 0.6 is 0 Å². The zero-order valence-corrected chi connectivity index (χ0v) is 17.7. The first-order valence-corrected chi connectivity index (χ1v) is 11.1. The summed E-state index contributed by atoms with van der Waals surface area (Å²) in [6, 6.07) is 16.6. The summed E-state index contributed by atoms with van der Waals surface area (Å²) in [5.41, 5.74) is 2.26. The third kappa shape index (κ3) is 5.95. The molecule has 1 fully saturated rings. The normalized spacial score (nSPS) is 14.8. The van der Waals surface area contributed by atoms with Crippen LogP contribution in [-0.4, -0.2) is 42.9 Å². The molecule has 4 rings (SSSR count).